The highest BCUT2D eigenvalue weighted by Crippen LogP contribution is 2.26. The number of nitrogens with zero attached hydrogens (tertiary/aromatic N) is 3. The maximum Gasteiger partial charge on any atom is 0.404 e. The number of hydrogen-bond acceptors (Lipinski definition) is 4. The van der Waals surface area contributed by atoms with Crippen LogP contribution >= 0.6 is 0 Å². The van der Waals surface area contributed by atoms with Gasteiger partial charge in [0.2, 0.25) is 0 Å². The number of fused-ring (bicyclic) bond motifs is 3. The van der Waals surface area contributed by atoms with Crippen molar-refractivity contribution in [1.82, 2.24) is 19.9 Å². The number of methoxy groups -OCH3 is 1. The molecule has 154 valence electrons. The number of nitrogens with one attached hydrogen (secondary N) is 1. The van der Waals surface area contributed by atoms with Crippen LogP contribution in [0.15, 0.2) is 54.7 Å². The van der Waals surface area contributed by atoms with Crippen molar-refractivity contribution >= 4 is 28.0 Å². The lowest BCUT2D eigenvalue weighted by atomic mass is 10.1. The molecule has 0 radical (unpaired) electrons. The van der Waals surface area contributed by atoms with Gasteiger partial charge in [-0.1, -0.05) is 30.3 Å². The van der Waals surface area contributed by atoms with Gasteiger partial charge < -0.3 is 19.7 Å². The quantitative estimate of drug-likeness (QED) is 0.429. The molecule has 1 amide bonds. The number of rotatable bonds is 8. The molecule has 0 atom stereocenters. The molecule has 0 aliphatic carbocycles. The van der Waals surface area contributed by atoms with Crippen molar-refractivity contribution in [3.63, 3.8) is 0 Å². The maximum atomic E-state index is 10.7. The standard InChI is InChI=1S/C23H24N4O3/c1-30-17-10-8-16(9-11-17)14-21-26-20-15-25-19-7-3-2-6-18(19)22(20)27(21)13-5-4-12-24-23(28)29/h2-3,6-11,15,24H,4-5,12-14H2,1H3,(H,28,29). The van der Waals surface area contributed by atoms with Gasteiger partial charge in [0.1, 0.15) is 17.1 Å². The molecule has 0 aliphatic heterocycles. The van der Waals surface area contributed by atoms with Crippen LogP contribution in [0.5, 0.6) is 5.75 Å². The van der Waals surface area contributed by atoms with Gasteiger partial charge in [-0.15, -0.1) is 0 Å². The minimum atomic E-state index is -0.986. The third-order valence-corrected chi connectivity index (χ3v) is 5.16. The molecule has 0 bridgehead atoms. The van der Waals surface area contributed by atoms with Crippen LogP contribution in [0, 0.1) is 0 Å². The number of carboxylic acid groups (broad SMARTS) is 1. The molecule has 0 unspecified atom stereocenters. The second-order valence-corrected chi connectivity index (χ2v) is 7.15. The SMILES string of the molecule is COc1ccc(Cc2nc3cnc4ccccc4c3n2CCCCNC(=O)O)cc1. The molecule has 0 spiro atoms. The highest BCUT2D eigenvalue weighted by Gasteiger charge is 2.14. The molecule has 0 fully saturated rings. The third-order valence-electron chi connectivity index (χ3n) is 5.16. The molecule has 2 aromatic carbocycles. The van der Waals surface area contributed by atoms with Crippen molar-refractivity contribution in [3.8, 4) is 5.75 Å². The van der Waals surface area contributed by atoms with Gasteiger partial charge in [0.05, 0.1) is 24.3 Å². The molecule has 0 saturated heterocycles. The van der Waals surface area contributed by atoms with Crippen LogP contribution in [0.25, 0.3) is 21.9 Å². The van der Waals surface area contributed by atoms with Crippen molar-refractivity contribution in [2.45, 2.75) is 25.8 Å². The summed E-state index contributed by atoms with van der Waals surface area (Å²) in [5, 5.41) is 12.3. The van der Waals surface area contributed by atoms with Crippen molar-refractivity contribution in [2.24, 2.45) is 0 Å². The van der Waals surface area contributed by atoms with Crippen LogP contribution in [0.2, 0.25) is 0 Å². The molecule has 2 N–H and O–H groups in total. The molecule has 4 aromatic rings. The molecule has 2 aromatic heterocycles. The lowest BCUT2D eigenvalue weighted by Gasteiger charge is -2.11. The van der Waals surface area contributed by atoms with Crippen LogP contribution in [0.1, 0.15) is 24.2 Å². The van der Waals surface area contributed by atoms with E-state index in [4.69, 9.17) is 14.8 Å². The summed E-state index contributed by atoms with van der Waals surface area (Å²) in [5.74, 6) is 1.80. The Labute approximate surface area is 174 Å². The topological polar surface area (TPSA) is 89.3 Å². The summed E-state index contributed by atoms with van der Waals surface area (Å²) in [6, 6.07) is 16.1. The number of unbranched alkanes of at least 4 members (excludes halogenated alkanes) is 1. The van der Waals surface area contributed by atoms with Crippen LogP contribution in [0.3, 0.4) is 0 Å². The van der Waals surface area contributed by atoms with Gasteiger partial charge in [0.15, 0.2) is 0 Å². The highest BCUT2D eigenvalue weighted by atomic mass is 16.5. The average Bonchev–Trinajstić information content (AvgIpc) is 3.11. The number of benzene rings is 2. The number of ether oxygens (including phenoxy) is 1. The number of amides is 1. The molecule has 0 saturated carbocycles. The van der Waals surface area contributed by atoms with E-state index in [9.17, 15) is 4.79 Å². The van der Waals surface area contributed by atoms with E-state index in [0.717, 1.165) is 58.5 Å². The summed E-state index contributed by atoms with van der Waals surface area (Å²) in [5.41, 5.74) is 4.04. The lowest BCUT2D eigenvalue weighted by Crippen LogP contribution is -2.22. The summed E-state index contributed by atoms with van der Waals surface area (Å²) in [6.07, 6.45) is 3.15. The Morgan fingerprint density at radius 2 is 1.90 bits per heavy atom. The molecule has 7 nitrogen and oxygen atoms in total. The molecule has 7 heteroatoms. The van der Waals surface area contributed by atoms with Crippen molar-refractivity contribution in [1.29, 1.82) is 0 Å². The van der Waals surface area contributed by atoms with Gasteiger partial charge in [0.25, 0.3) is 0 Å². The number of pyridine rings is 1. The first-order valence-corrected chi connectivity index (χ1v) is 9.98. The minimum Gasteiger partial charge on any atom is -0.497 e. The molecule has 2 heterocycles. The van der Waals surface area contributed by atoms with Crippen LogP contribution in [-0.4, -0.2) is 39.4 Å². The van der Waals surface area contributed by atoms with E-state index in [-0.39, 0.29) is 0 Å². The molecule has 4 rings (SSSR count). The summed E-state index contributed by atoms with van der Waals surface area (Å²) in [7, 11) is 1.66. The molecule has 30 heavy (non-hydrogen) atoms. The van der Waals surface area contributed by atoms with E-state index in [2.05, 4.69) is 33.1 Å². The van der Waals surface area contributed by atoms with Gasteiger partial charge in [-0.05, 0) is 36.6 Å². The number of hydrogen-bond donors (Lipinski definition) is 2. The van der Waals surface area contributed by atoms with E-state index < -0.39 is 6.09 Å². The number of imidazole rings is 1. The van der Waals surface area contributed by atoms with Crippen LogP contribution < -0.4 is 10.1 Å². The second-order valence-electron chi connectivity index (χ2n) is 7.15. The second kappa shape index (κ2) is 8.82. The fraction of sp³-hybridized carbons (Fsp3) is 0.261. The zero-order valence-corrected chi connectivity index (χ0v) is 16.8. The van der Waals surface area contributed by atoms with Crippen LogP contribution in [-0.2, 0) is 13.0 Å². The van der Waals surface area contributed by atoms with Crippen molar-refractivity contribution in [2.75, 3.05) is 13.7 Å². The number of aryl methyl sites for hydroxylation is 1. The number of para-hydroxylation sites is 1. The fourth-order valence-corrected chi connectivity index (χ4v) is 3.70. The molecule has 0 aliphatic rings. The minimum absolute atomic E-state index is 0.443. The summed E-state index contributed by atoms with van der Waals surface area (Å²) in [6.45, 7) is 1.20. The van der Waals surface area contributed by atoms with Crippen LogP contribution in [0.4, 0.5) is 4.79 Å². The first-order chi connectivity index (χ1) is 14.7. The van der Waals surface area contributed by atoms with Gasteiger partial charge >= 0.3 is 6.09 Å². The smallest absolute Gasteiger partial charge is 0.404 e. The Hall–Kier alpha value is -3.61. The van der Waals surface area contributed by atoms with E-state index in [1.165, 1.54) is 0 Å². The summed E-state index contributed by atoms with van der Waals surface area (Å²) >= 11 is 0. The predicted molar refractivity (Wildman–Crippen MR) is 116 cm³/mol. The van der Waals surface area contributed by atoms with E-state index in [1.54, 1.807) is 7.11 Å². The van der Waals surface area contributed by atoms with E-state index in [1.807, 2.05) is 36.5 Å². The van der Waals surface area contributed by atoms with Crippen molar-refractivity contribution < 1.29 is 14.6 Å². The molecular weight excluding hydrogens is 380 g/mol. The fourth-order valence-electron chi connectivity index (χ4n) is 3.70. The Balaban J connectivity index is 1.68. The average molecular weight is 404 g/mol. The lowest BCUT2D eigenvalue weighted by molar-refractivity contribution is 0.194. The molecular formula is C23H24N4O3. The van der Waals surface area contributed by atoms with E-state index in [0.29, 0.717) is 13.0 Å². The van der Waals surface area contributed by atoms with E-state index >= 15 is 0 Å². The maximum absolute atomic E-state index is 10.7. The Morgan fingerprint density at radius 1 is 1.10 bits per heavy atom. The zero-order valence-electron chi connectivity index (χ0n) is 16.8. The zero-order chi connectivity index (χ0) is 20.9. The predicted octanol–water partition coefficient (Wildman–Crippen LogP) is 4.23. The highest BCUT2D eigenvalue weighted by molar-refractivity contribution is 6.02. The van der Waals surface area contributed by atoms with Gasteiger partial charge in [-0.25, -0.2) is 9.78 Å². The normalized spacial score (nSPS) is 11.1. The van der Waals surface area contributed by atoms with Gasteiger partial charge in [0, 0.05) is 24.9 Å². The Morgan fingerprint density at radius 3 is 2.67 bits per heavy atom. The monoisotopic (exact) mass is 404 g/mol. The van der Waals surface area contributed by atoms with Gasteiger partial charge in [-0.2, -0.15) is 0 Å². The third kappa shape index (κ3) is 4.20. The largest absolute Gasteiger partial charge is 0.497 e. The number of carbonyl (C=O) groups is 1. The Bertz CT molecular complexity index is 1170. The Kier molecular flexibility index (Phi) is 5.79. The number of aromatic nitrogens is 3. The van der Waals surface area contributed by atoms with Gasteiger partial charge in [-0.3, -0.25) is 4.98 Å². The summed E-state index contributed by atoms with van der Waals surface area (Å²) < 4.78 is 7.51. The van der Waals surface area contributed by atoms with Crippen molar-refractivity contribution in [3.05, 3.63) is 66.1 Å². The summed E-state index contributed by atoms with van der Waals surface area (Å²) in [4.78, 5) is 20.1. The first-order valence-electron chi connectivity index (χ1n) is 9.98. The first kappa shape index (κ1) is 19.7.